The number of hydrogen-bond acceptors (Lipinski definition) is 4. The molecular formula is C21H27Cl2F3NO3P. The number of aliphatic hydroxyl groups excluding tert-OH is 1. The van der Waals surface area contributed by atoms with E-state index in [9.17, 15) is 18.3 Å². The molecule has 0 aliphatic rings. The maximum atomic E-state index is 13.5. The van der Waals surface area contributed by atoms with Crippen molar-refractivity contribution < 1.29 is 27.9 Å². The highest BCUT2D eigenvalue weighted by Gasteiger charge is 2.34. The molecule has 0 spiro atoms. The maximum Gasteiger partial charge on any atom is 0.419 e. The van der Waals surface area contributed by atoms with E-state index in [2.05, 4.69) is 0 Å². The van der Waals surface area contributed by atoms with Crippen molar-refractivity contribution in [1.82, 2.24) is 0 Å². The Morgan fingerprint density at radius 1 is 1.00 bits per heavy atom. The van der Waals surface area contributed by atoms with Gasteiger partial charge in [0.05, 0.1) is 28.8 Å². The first kappa shape index (κ1) is 28.0. The van der Waals surface area contributed by atoms with Crippen LogP contribution in [0.1, 0.15) is 36.5 Å². The molecule has 0 aromatic heterocycles. The van der Waals surface area contributed by atoms with Gasteiger partial charge in [0.25, 0.3) is 0 Å². The highest BCUT2D eigenvalue weighted by Crippen LogP contribution is 2.37. The smallest absolute Gasteiger partial charge is 0.419 e. The lowest BCUT2D eigenvalue weighted by atomic mass is 9.94. The number of halogens is 5. The van der Waals surface area contributed by atoms with Crippen LogP contribution in [0.5, 0.6) is 5.75 Å². The average molecular weight is 500 g/mol. The minimum Gasteiger partial charge on any atom is -0.493 e. The van der Waals surface area contributed by atoms with Crippen LogP contribution in [0.3, 0.4) is 0 Å². The Kier molecular flexibility index (Phi) is 11.6. The molecule has 2 unspecified atom stereocenters. The summed E-state index contributed by atoms with van der Waals surface area (Å²) in [6.45, 7) is 1.55. The molecule has 0 fully saturated rings. The lowest BCUT2D eigenvalue weighted by Crippen LogP contribution is -2.40. The second-order valence-electron chi connectivity index (χ2n) is 7.34. The predicted octanol–water partition coefficient (Wildman–Crippen LogP) is 5.43. The molecule has 0 heterocycles. The summed E-state index contributed by atoms with van der Waals surface area (Å²) in [5.41, 5.74) is 5.63. The van der Waals surface area contributed by atoms with Crippen molar-refractivity contribution in [2.45, 2.75) is 44.3 Å². The average Bonchev–Trinajstić information content (AvgIpc) is 2.73. The van der Waals surface area contributed by atoms with Gasteiger partial charge >= 0.3 is 6.18 Å². The molecule has 4 nitrogen and oxygen atoms in total. The molecule has 31 heavy (non-hydrogen) atoms. The van der Waals surface area contributed by atoms with Gasteiger partial charge in [0.15, 0.2) is 0 Å². The van der Waals surface area contributed by atoms with Gasteiger partial charge in [-0.2, -0.15) is 13.2 Å². The van der Waals surface area contributed by atoms with Crippen LogP contribution in [0.4, 0.5) is 13.2 Å². The first-order chi connectivity index (χ1) is 14.5. The molecule has 2 aromatic carbocycles. The first-order valence-corrected chi connectivity index (χ1v) is 10.7. The van der Waals surface area contributed by atoms with E-state index < -0.39 is 17.3 Å². The molecule has 0 saturated carbocycles. The van der Waals surface area contributed by atoms with Crippen LogP contribution >= 0.6 is 32.7 Å². The predicted molar refractivity (Wildman–Crippen MR) is 122 cm³/mol. The van der Waals surface area contributed by atoms with Crippen molar-refractivity contribution in [1.29, 1.82) is 0 Å². The Hall–Kier alpha value is -1.08. The van der Waals surface area contributed by atoms with Gasteiger partial charge < -0.3 is 20.5 Å². The number of benzene rings is 2. The summed E-state index contributed by atoms with van der Waals surface area (Å²) in [6, 6.07) is 9.26. The number of alkyl halides is 3. The van der Waals surface area contributed by atoms with E-state index in [1.165, 1.54) is 15.5 Å². The molecule has 0 radical (unpaired) electrons. The van der Waals surface area contributed by atoms with Crippen LogP contribution in [0.25, 0.3) is 0 Å². The van der Waals surface area contributed by atoms with Crippen LogP contribution in [0, 0.1) is 0 Å². The fraction of sp³-hybridized carbons (Fsp3) is 0.429. The van der Waals surface area contributed by atoms with E-state index in [0.717, 1.165) is 11.6 Å². The second-order valence-corrected chi connectivity index (χ2v) is 8.16. The van der Waals surface area contributed by atoms with Gasteiger partial charge in [-0.15, -0.1) is 0 Å². The van der Waals surface area contributed by atoms with E-state index in [0.29, 0.717) is 41.3 Å². The van der Waals surface area contributed by atoms with Gasteiger partial charge in [0, 0.05) is 5.54 Å². The van der Waals surface area contributed by atoms with Crippen LogP contribution in [-0.4, -0.2) is 28.8 Å². The quantitative estimate of drug-likeness (QED) is 0.317. The summed E-state index contributed by atoms with van der Waals surface area (Å²) in [4.78, 5) is 6.92. The largest absolute Gasteiger partial charge is 0.493 e. The van der Waals surface area contributed by atoms with Crippen molar-refractivity contribution in [3.05, 3.63) is 63.1 Å². The highest BCUT2D eigenvalue weighted by molar-refractivity contribution is 7.08. The summed E-state index contributed by atoms with van der Waals surface area (Å²) in [6.07, 6.45) is -2.71. The standard InChI is InChI=1S/C21H24Cl2F3NO2.H3OP/c1-20(27,13-28)9-8-15-5-7-19(16(11-15)21(24,25)26)29-10-2-3-14-4-6-17(22)18(23)12-14;1-2/h4-7,11-12,28H,2-3,8-10,13,27H2,1H3;1H,2H2. The zero-order chi connectivity index (χ0) is 23.7. The van der Waals surface area contributed by atoms with Crippen molar-refractivity contribution in [3.63, 3.8) is 0 Å². The van der Waals surface area contributed by atoms with Gasteiger partial charge in [0.2, 0.25) is 0 Å². The number of aryl methyl sites for hydroxylation is 2. The van der Waals surface area contributed by atoms with Crippen LogP contribution in [0.2, 0.25) is 10.0 Å². The van der Waals surface area contributed by atoms with Crippen LogP contribution < -0.4 is 10.5 Å². The molecule has 2 aromatic rings. The maximum absolute atomic E-state index is 13.5. The Morgan fingerprint density at radius 2 is 1.61 bits per heavy atom. The normalized spacial score (nSPS) is 13.2. The molecule has 0 amide bonds. The molecule has 2 rings (SSSR count). The molecular weight excluding hydrogens is 473 g/mol. The Balaban J connectivity index is 0.00000233. The minimum absolute atomic E-state index is 0.133. The lowest BCUT2D eigenvalue weighted by molar-refractivity contribution is -0.139. The molecule has 10 heteroatoms. The van der Waals surface area contributed by atoms with E-state index in [1.807, 2.05) is 6.07 Å². The van der Waals surface area contributed by atoms with Gasteiger partial charge in [-0.05, 0) is 77.5 Å². The summed E-state index contributed by atoms with van der Waals surface area (Å²) in [5.74, 6) is -0.201. The second kappa shape index (κ2) is 12.8. The fourth-order valence-corrected chi connectivity index (χ4v) is 3.06. The molecule has 174 valence electrons. The third kappa shape index (κ3) is 9.52. The van der Waals surface area contributed by atoms with Gasteiger partial charge in [-0.3, -0.25) is 0 Å². The fourth-order valence-electron chi connectivity index (χ4n) is 2.74. The number of ether oxygens (including phenoxy) is 1. The Bertz CT molecular complexity index is 836. The topological polar surface area (TPSA) is 75.7 Å². The molecule has 0 saturated heterocycles. The van der Waals surface area contributed by atoms with E-state index in [-0.39, 0.29) is 19.0 Å². The molecule has 2 atom stereocenters. The summed E-state index contributed by atoms with van der Waals surface area (Å²) < 4.78 is 45.8. The highest BCUT2D eigenvalue weighted by atomic mass is 35.5. The monoisotopic (exact) mass is 499 g/mol. The number of aliphatic hydroxyl groups is 1. The summed E-state index contributed by atoms with van der Waals surface area (Å²) in [7, 11) is 1.42. The van der Waals surface area contributed by atoms with Gasteiger partial charge in [-0.25, -0.2) is 0 Å². The van der Waals surface area contributed by atoms with Crippen molar-refractivity contribution >= 4 is 32.7 Å². The summed E-state index contributed by atoms with van der Waals surface area (Å²) in [5, 5.41) is 10.1. The molecule has 0 bridgehead atoms. The zero-order valence-electron chi connectivity index (χ0n) is 17.1. The minimum atomic E-state index is -4.53. The third-order valence-corrected chi connectivity index (χ3v) is 5.29. The van der Waals surface area contributed by atoms with E-state index in [4.69, 9.17) is 38.6 Å². The lowest BCUT2D eigenvalue weighted by Gasteiger charge is -2.22. The van der Waals surface area contributed by atoms with Crippen LogP contribution in [0.15, 0.2) is 36.4 Å². The number of hydrogen-bond donors (Lipinski definition) is 3. The zero-order valence-corrected chi connectivity index (χ0v) is 19.7. The van der Waals surface area contributed by atoms with Crippen LogP contribution in [-0.2, 0) is 19.0 Å². The Morgan fingerprint density at radius 3 is 2.19 bits per heavy atom. The third-order valence-electron chi connectivity index (χ3n) is 4.55. The van der Waals surface area contributed by atoms with Crippen molar-refractivity contribution in [2.24, 2.45) is 5.73 Å². The van der Waals surface area contributed by atoms with E-state index >= 15 is 0 Å². The molecule has 4 N–H and O–H groups in total. The summed E-state index contributed by atoms with van der Waals surface area (Å²) >= 11 is 11.8. The van der Waals surface area contributed by atoms with E-state index in [1.54, 1.807) is 25.1 Å². The molecule has 0 aliphatic carbocycles. The van der Waals surface area contributed by atoms with Gasteiger partial charge in [0.1, 0.15) is 5.75 Å². The van der Waals surface area contributed by atoms with Gasteiger partial charge in [-0.1, -0.05) is 35.3 Å². The first-order valence-electron chi connectivity index (χ1n) is 9.44. The van der Waals surface area contributed by atoms with Crippen molar-refractivity contribution in [3.8, 4) is 5.75 Å². The SMILES string of the molecule is CC(N)(CO)CCc1ccc(OCCCc2ccc(Cl)c(Cl)c2)c(C(F)(F)F)c1.OP. The number of rotatable bonds is 9. The molecule has 0 aliphatic heterocycles. The number of nitrogens with two attached hydrogens (primary N) is 1. The van der Waals surface area contributed by atoms with Crippen molar-refractivity contribution in [2.75, 3.05) is 13.2 Å². The Labute approximate surface area is 192 Å².